The van der Waals surface area contributed by atoms with E-state index in [0.29, 0.717) is 0 Å². The molecule has 0 radical (unpaired) electrons. The van der Waals surface area contributed by atoms with Gasteiger partial charge in [0.1, 0.15) is 0 Å². The Morgan fingerprint density at radius 1 is 0.760 bits per heavy atom. The van der Waals surface area contributed by atoms with E-state index in [2.05, 4.69) is 98.1 Å². The Labute approximate surface area is 155 Å². The van der Waals surface area contributed by atoms with Gasteiger partial charge in [0.25, 0.3) is 0 Å². The molecule has 0 saturated carbocycles. The predicted molar refractivity (Wildman–Crippen MR) is 114 cm³/mol. The average Bonchev–Trinajstić information content (AvgIpc) is 2.73. The number of nitrogens with one attached hydrogen (secondary N) is 1. The second-order valence-electron chi connectivity index (χ2n) is 4.98. The Morgan fingerprint density at radius 2 is 1.16 bits per heavy atom. The first kappa shape index (κ1) is 22.9. The van der Waals surface area contributed by atoms with Crippen LogP contribution in [-0.4, -0.2) is 7.05 Å². The molecule has 0 unspecified atom stereocenters. The zero-order chi connectivity index (χ0) is 19.1. The van der Waals surface area contributed by atoms with Crippen molar-refractivity contribution in [3.8, 4) is 0 Å². The van der Waals surface area contributed by atoms with Gasteiger partial charge in [-0.2, -0.15) is 0 Å². The van der Waals surface area contributed by atoms with Gasteiger partial charge in [-0.25, -0.2) is 0 Å². The van der Waals surface area contributed by atoms with Crippen LogP contribution in [0.5, 0.6) is 0 Å². The maximum atomic E-state index is 3.56. The third-order valence-corrected chi connectivity index (χ3v) is 3.88. The van der Waals surface area contributed by atoms with Gasteiger partial charge in [0.05, 0.1) is 5.54 Å². The maximum Gasteiger partial charge on any atom is 0.0942 e. The number of rotatable bonds is 5. The first-order valence-corrected chi connectivity index (χ1v) is 9.39. The summed E-state index contributed by atoms with van der Waals surface area (Å²) < 4.78 is 0. The standard InChI is InChI=1S/C20H23N.2C2H6/c1-4-12-17(5-2)20(21-3,18-13-8-6-9-14-18)19-15-10-7-11-16-19;2*1-2/h4-16,21H,1-3H3;2*1-2H3/b12-4-,17-5+;;. The number of allylic oxidation sites excluding steroid dienone is 2. The fraction of sp³-hybridized carbons (Fsp3) is 0.333. The molecule has 2 aromatic rings. The minimum Gasteiger partial charge on any atom is -0.303 e. The Balaban J connectivity index is 0.00000134. The van der Waals surface area contributed by atoms with Gasteiger partial charge in [-0.15, -0.1) is 0 Å². The lowest BCUT2D eigenvalue weighted by atomic mass is 9.76. The number of benzene rings is 2. The normalized spacial score (nSPS) is 11.2. The molecule has 0 aliphatic heterocycles. The number of hydrogen-bond acceptors (Lipinski definition) is 1. The molecule has 0 atom stereocenters. The first-order chi connectivity index (χ1) is 12.3. The molecular formula is C24H35N. The zero-order valence-corrected chi connectivity index (χ0v) is 17.0. The summed E-state index contributed by atoms with van der Waals surface area (Å²) in [5.41, 5.74) is 3.39. The predicted octanol–water partition coefficient (Wildman–Crippen LogP) is 6.72. The Morgan fingerprint density at radius 3 is 1.44 bits per heavy atom. The van der Waals surface area contributed by atoms with Crippen LogP contribution in [0.4, 0.5) is 0 Å². The van der Waals surface area contributed by atoms with Crippen LogP contribution in [0.3, 0.4) is 0 Å². The molecule has 0 fully saturated rings. The molecule has 2 aromatic carbocycles. The minimum atomic E-state index is -0.330. The third-order valence-electron chi connectivity index (χ3n) is 3.88. The van der Waals surface area contributed by atoms with Gasteiger partial charge < -0.3 is 5.32 Å². The molecule has 136 valence electrons. The Bertz CT molecular complexity index is 570. The molecule has 0 amide bonds. The van der Waals surface area contributed by atoms with Crippen molar-refractivity contribution >= 4 is 0 Å². The van der Waals surface area contributed by atoms with E-state index in [1.54, 1.807) is 0 Å². The molecule has 0 aliphatic rings. The van der Waals surface area contributed by atoms with E-state index in [-0.39, 0.29) is 5.54 Å². The highest BCUT2D eigenvalue weighted by molar-refractivity contribution is 5.51. The molecule has 1 heteroatoms. The fourth-order valence-electron chi connectivity index (χ4n) is 2.93. The molecule has 0 heterocycles. The zero-order valence-electron chi connectivity index (χ0n) is 17.0. The van der Waals surface area contributed by atoms with Crippen LogP contribution in [0.2, 0.25) is 0 Å². The lowest BCUT2D eigenvalue weighted by molar-refractivity contribution is 0.523. The largest absolute Gasteiger partial charge is 0.303 e. The smallest absolute Gasteiger partial charge is 0.0942 e. The molecule has 25 heavy (non-hydrogen) atoms. The third kappa shape index (κ3) is 5.44. The van der Waals surface area contributed by atoms with Crippen LogP contribution in [0, 0.1) is 0 Å². The van der Waals surface area contributed by atoms with Crippen molar-refractivity contribution in [3.05, 3.63) is 95.6 Å². The van der Waals surface area contributed by atoms with E-state index in [4.69, 9.17) is 0 Å². The molecule has 1 N–H and O–H groups in total. The summed E-state index contributed by atoms with van der Waals surface area (Å²) in [6, 6.07) is 21.2. The SMILES string of the molecule is C/C=C\C(=C/C)C(NC)(c1ccccc1)c1ccccc1.CC.CC. The lowest BCUT2D eigenvalue weighted by Crippen LogP contribution is -2.42. The summed E-state index contributed by atoms with van der Waals surface area (Å²) in [5, 5.41) is 3.56. The minimum absolute atomic E-state index is 0.330. The molecule has 0 saturated heterocycles. The van der Waals surface area contributed by atoms with Crippen LogP contribution in [0.1, 0.15) is 52.7 Å². The van der Waals surface area contributed by atoms with E-state index in [9.17, 15) is 0 Å². The van der Waals surface area contributed by atoms with Crippen LogP contribution >= 0.6 is 0 Å². The summed E-state index contributed by atoms with van der Waals surface area (Å²) in [4.78, 5) is 0. The second kappa shape index (κ2) is 13.2. The monoisotopic (exact) mass is 337 g/mol. The number of likely N-dealkylation sites (N-methyl/N-ethyl adjacent to an activating group) is 1. The van der Waals surface area contributed by atoms with Crippen LogP contribution in [-0.2, 0) is 5.54 Å². The van der Waals surface area contributed by atoms with Crippen molar-refractivity contribution in [2.75, 3.05) is 7.05 Å². The van der Waals surface area contributed by atoms with E-state index >= 15 is 0 Å². The summed E-state index contributed by atoms with van der Waals surface area (Å²) in [7, 11) is 2.02. The Hall–Kier alpha value is -2.12. The second-order valence-corrected chi connectivity index (χ2v) is 4.98. The quantitative estimate of drug-likeness (QED) is 0.597. The Kier molecular flexibility index (Phi) is 12.1. The van der Waals surface area contributed by atoms with Crippen molar-refractivity contribution in [3.63, 3.8) is 0 Å². The van der Waals surface area contributed by atoms with Crippen molar-refractivity contribution < 1.29 is 0 Å². The highest BCUT2D eigenvalue weighted by atomic mass is 14.9. The summed E-state index contributed by atoms with van der Waals surface area (Å²) >= 11 is 0. The topological polar surface area (TPSA) is 12.0 Å². The molecule has 0 aromatic heterocycles. The van der Waals surface area contributed by atoms with Gasteiger partial charge in [0, 0.05) is 0 Å². The summed E-state index contributed by atoms with van der Waals surface area (Å²) in [6.07, 6.45) is 6.44. The molecule has 0 spiro atoms. The fourth-order valence-corrected chi connectivity index (χ4v) is 2.93. The van der Waals surface area contributed by atoms with Crippen molar-refractivity contribution in [2.45, 2.75) is 47.1 Å². The van der Waals surface area contributed by atoms with Gasteiger partial charge in [-0.1, -0.05) is 107 Å². The highest BCUT2D eigenvalue weighted by Crippen LogP contribution is 2.37. The van der Waals surface area contributed by atoms with Crippen LogP contribution in [0.25, 0.3) is 0 Å². The molecule has 2 rings (SSSR count). The molecule has 1 nitrogen and oxygen atoms in total. The highest BCUT2D eigenvalue weighted by Gasteiger charge is 2.34. The van der Waals surface area contributed by atoms with E-state index < -0.39 is 0 Å². The average molecular weight is 338 g/mol. The maximum absolute atomic E-state index is 3.56. The molecule has 0 bridgehead atoms. The van der Waals surface area contributed by atoms with Gasteiger partial charge in [0.15, 0.2) is 0 Å². The van der Waals surface area contributed by atoms with Crippen molar-refractivity contribution in [1.29, 1.82) is 0 Å². The van der Waals surface area contributed by atoms with E-state index in [1.165, 1.54) is 16.7 Å². The summed E-state index contributed by atoms with van der Waals surface area (Å²) in [5.74, 6) is 0. The lowest BCUT2D eigenvalue weighted by Gasteiger charge is -2.36. The van der Waals surface area contributed by atoms with Gasteiger partial charge in [-0.05, 0) is 37.6 Å². The van der Waals surface area contributed by atoms with E-state index in [1.807, 2.05) is 34.7 Å². The number of hydrogen-bond donors (Lipinski definition) is 1. The van der Waals surface area contributed by atoms with Gasteiger partial charge >= 0.3 is 0 Å². The van der Waals surface area contributed by atoms with Crippen LogP contribution < -0.4 is 5.32 Å². The van der Waals surface area contributed by atoms with Gasteiger partial charge in [0.2, 0.25) is 0 Å². The summed E-state index contributed by atoms with van der Waals surface area (Å²) in [6.45, 7) is 12.1. The van der Waals surface area contributed by atoms with Crippen LogP contribution in [0.15, 0.2) is 84.5 Å². The van der Waals surface area contributed by atoms with Gasteiger partial charge in [-0.3, -0.25) is 0 Å². The molecular weight excluding hydrogens is 302 g/mol. The first-order valence-electron chi connectivity index (χ1n) is 9.39. The molecule has 0 aliphatic carbocycles. The van der Waals surface area contributed by atoms with Crippen molar-refractivity contribution in [1.82, 2.24) is 5.32 Å². The van der Waals surface area contributed by atoms with E-state index in [0.717, 1.165) is 0 Å². The van der Waals surface area contributed by atoms with Crippen molar-refractivity contribution in [2.24, 2.45) is 0 Å².